The Kier molecular flexibility index (Phi) is 2.05. The van der Waals surface area contributed by atoms with Crippen LogP contribution in [0.4, 0.5) is 0 Å². The van der Waals surface area contributed by atoms with E-state index in [4.69, 9.17) is 4.74 Å². The highest BCUT2D eigenvalue weighted by molar-refractivity contribution is 5.17. The highest BCUT2D eigenvalue weighted by Crippen LogP contribution is 2.08. The van der Waals surface area contributed by atoms with E-state index < -0.39 is 0 Å². The standard InChI is InChI=1S/C8H9NO/c1-7(2)10-8-4-3-5-9-6-8/h3-6H,1H2,2H3. The number of pyridine rings is 1. The summed E-state index contributed by atoms with van der Waals surface area (Å²) < 4.78 is 5.16. The summed E-state index contributed by atoms with van der Waals surface area (Å²) in [5, 5.41) is 0. The summed E-state index contributed by atoms with van der Waals surface area (Å²) in [6, 6.07) is 3.65. The molecule has 0 radical (unpaired) electrons. The van der Waals surface area contributed by atoms with Crippen molar-refractivity contribution in [2.75, 3.05) is 0 Å². The summed E-state index contributed by atoms with van der Waals surface area (Å²) in [6.07, 6.45) is 3.35. The zero-order valence-electron chi connectivity index (χ0n) is 5.87. The second-order valence-electron chi connectivity index (χ2n) is 1.99. The fourth-order valence-corrected chi connectivity index (χ4v) is 0.609. The molecule has 10 heavy (non-hydrogen) atoms. The average molecular weight is 135 g/mol. The molecule has 1 aromatic heterocycles. The van der Waals surface area contributed by atoms with Crippen molar-refractivity contribution in [2.24, 2.45) is 0 Å². The molecule has 2 heteroatoms. The van der Waals surface area contributed by atoms with E-state index in [1.165, 1.54) is 0 Å². The maximum atomic E-state index is 5.16. The van der Waals surface area contributed by atoms with Gasteiger partial charge < -0.3 is 4.74 Å². The van der Waals surface area contributed by atoms with Gasteiger partial charge in [0.1, 0.15) is 5.75 Å². The lowest BCUT2D eigenvalue weighted by molar-refractivity contribution is 0.428. The predicted octanol–water partition coefficient (Wildman–Crippen LogP) is 1.99. The van der Waals surface area contributed by atoms with Gasteiger partial charge in [-0.2, -0.15) is 0 Å². The molecule has 1 heterocycles. The first-order chi connectivity index (χ1) is 4.79. The molecule has 2 nitrogen and oxygen atoms in total. The third-order valence-electron chi connectivity index (χ3n) is 0.926. The van der Waals surface area contributed by atoms with Crippen molar-refractivity contribution in [3.8, 4) is 5.75 Å². The number of nitrogens with zero attached hydrogens (tertiary/aromatic N) is 1. The molecule has 0 aromatic carbocycles. The Morgan fingerprint density at radius 1 is 1.70 bits per heavy atom. The van der Waals surface area contributed by atoms with Crippen LogP contribution in [0, 0.1) is 0 Å². The van der Waals surface area contributed by atoms with Crippen LogP contribution in [0.5, 0.6) is 5.75 Å². The number of hydrogen-bond acceptors (Lipinski definition) is 2. The Morgan fingerprint density at radius 2 is 2.50 bits per heavy atom. The van der Waals surface area contributed by atoms with E-state index in [9.17, 15) is 0 Å². The third kappa shape index (κ3) is 1.90. The molecule has 0 saturated heterocycles. The SMILES string of the molecule is C=C(C)Oc1cccnc1. The minimum absolute atomic E-state index is 0.674. The largest absolute Gasteiger partial charge is 0.461 e. The van der Waals surface area contributed by atoms with Crippen LogP contribution in [0.2, 0.25) is 0 Å². The van der Waals surface area contributed by atoms with Gasteiger partial charge in [0.25, 0.3) is 0 Å². The van der Waals surface area contributed by atoms with Crippen LogP contribution in [0.3, 0.4) is 0 Å². The lowest BCUT2D eigenvalue weighted by Gasteiger charge is -2.01. The van der Waals surface area contributed by atoms with Crippen LogP contribution >= 0.6 is 0 Å². The Balaban J connectivity index is 2.67. The van der Waals surface area contributed by atoms with Gasteiger partial charge in [0, 0.05) is 6.20 Å². The van der Waals surface area contributed by atoms with Crippen molar-refractivity contribution in [3.05, 3.63) is 36.9 Å². The monoisotopic (exact) mass is 135 g/mol. The van der Waals surface area contributed by atoms with E-state index in [-0.39, 0.29) is 0 Å². The molecule has 0 fully saturated rings. The second kappa shape index (κ2) is 3.01. The molecule has 0 aliphatic rings. The summed E-state index contributed by atoms with van der Waals surface area (Å²) in [5.74, 6) is 1.41. The molecule has 0 N–H and O–H groups in total. The van der Waals surface area contributed by atoms with Crippen molar-refractivity contribution in [1.29, 1.82) is 0 Å². The number of ether oxygens (including phenoxy) is 1. The topological polar surface area (TPSA) is 22.1 Å². The molecule has 0 unspecified atom stereocenters. The highest BCUT2D eigenvalue weighted by Gasteiger charge is 1.89. The quantitative estimate of drug-likeness (QED) is 0.578. The normalized spacial score (nSPS) is 8.90. The summed E-state index contributed by atoms with van der Waals surface area (Å²) in [6.45, 7) is 5.40. The van der Waals surface area contributed by atoms with Gasteiger partial charge in [-0.3, -0.25) is 4.98 Å². The van der Waals surface area contributed by atoms with Crippen molar-refractivity contribution in [2.45, 2.75) is 6.92 Å². The van der Waals surface area contributed by atoms with Crippen LogP contribution in [-0.4, -0.2) is 4.98 Å². The van der Waals surface area contributed by atoms with E-state index in [2.05, 4.69) is 11.6 Å². The molecule has 0 saturated carbocycles. The van der Waals surface area contributed by atoms with Gasteiger partial charge in [-0.1, -0.05) is 6.58 Å². The predicted molar refractivity (Wildman–Crippen MR) is 39.7 cm³/mol. The van der Waals surface area contributed by atoms with Crippen LogP contribution in [0.25, 0.3) is 0 Å². The minimum Gasteiger partial charge on any atom is -0.461 e. The summed E-state index contributed by atoms with van der Waals surface area (Å²) >= 11 is 0. The fraction of sp³-hybridized carbons (Fsp3) is 0.125. The maximum absolute atomic E-state index is 5.16. The molecule has 0 amide bonds. The number of aromatic nitrogens is 1. The molecule has 0 aliphatic carbocycles. The van der Waals surface area contributed by atoms with Crippen molar-refractivity contribution < 1.29 is 4.74 Å². The first-order valence-electron chi connectivity index (χ1n) is 3.02. The molecule has 0 aliphatic heterocycles. The van der Waals surface area contributed by atoms with Gasteiger partial charge in [-0.15, -0.1) is 0 Å². The van der Waals surface area contributed by atoms with Gasteiger partial charge in [0.2, 0.25) is 0 Å². The van der Waals surface area contributed by atoms with Crippen molar-refractivity contribution >= 4 is 0 Å². The average Bonchev–Trinajstić information content (AvgIpc) is 1.88. The minimum atomic E-state index is 0.674. The van der Waals surface area contributed by atoms with Crippen molar-refractivity contribution in [1.82, 2.24) is 4.98 Å². The maximum Gasteiger partial charge on any atom is 0.145 e. The van der Waals surface area contributed by atoms with E-state index in [1.807, 2.05) is 12.1 Å². The summed E-state index contributed by atoms with van der Waals surface area (Å²) in [7, 11) is 0. The lowest BCUT2D eigenvalue weighted by atomic mass is 10.5. The van der Waals surface area contributed by atoms with Crippen LogP contribution < -0.4 is 4.74 Å². The van der Waals surface area contributed by atoms with Crippen molar-refractivity contribution in [3.63, 3.8) is 0 Å². The van der Waals surface area contributed by atoms with Crippen LogP contribution in [-0.2, 0) is 0 Å². The second-order valence-corrected chi connectivity index (χ2v) is 1.99. The smallest absolute Gasteiger partial charge is 0.145 e. The Bertz CT molecular complexity index is 218. The number of hydrogen-bond donors (Lipinski definition) is 0. The Hall–Kier alpha value is -1.31. The van der Waals surface area contributed by atoms with E-state index >= 15 is 0 Å². The van der Waals surface area contributed by atoms with Crippen LogP contribution in [0.15, 0.2) is 36.9 Å². The third-order valence-corrected chi connectivity index (χ3v) is 0.926. The van der Waals surface area contributed by atoms with E-state index in [0.29, 0.717) is 5.76 Å². The molecule has 0 bridgehead atoms. The van der Waals surface area contributed by atoms with Crippen LogP contribution in [0.1, 0.15) is 6.92 Å². The van der Waals surface area contributed by atoms with Gasteiger partial charge in [0.05, 0.1) is 12.0 Å². The van der Waals surface area contributed by atoms with E-state index in [1.54, 1.807) is 19.3 Å². The number of rotatable bonds is 2. The van der Waals surface area contributed by atoms with E-state index in [0.717, 1.165) is 5.75 Å². The van der Waals surface area contributed by atoms with Gasteiger partial charge >= 0.3 is 0 Å². The molecule has 1 rings (SSSR count). The molecule has 52 valence electrons. The Morgan fingerprint density at radius 3 is 3.00 bits per heavy atom. The van der Waals surface area contributed by atoms with Gasteiger partial charge in [-0.25, -0.2) is 0 Å². The summed E-state index contributed by atoms with van der Waals surface area (Å²) in [5.41, 5.74) is 0. The number of allylic oxidation sites excluding steroid dienone is 1. The molecule has 1 aromatic rings. The summed E-state index contributed by atoms with van der Waals surface area (Å²) in [4.78, 5) is 3.87. The molecule has 0 spiro atoms. The first kappa shape index (κ1) is 6.81. The molecular weight excluding hydrogens is 126 g/mol. The lowest BCUT2D eigenvalue weighted by Crippen LogP contribution is -1.87. The fourth-order valence-electron chi connectivity index (χ4n) is 0.609. The van der Waals surface area contributed by atoms with Gasteiger partial charge in [0.15, 0.2) is 0 Å². The first-order valence-corrected chi connectivity index (χ1v) is 3.02. The molecular formula is C8H9NO. The highest BCUT2D eigenvalue weighted by atomic mass is 16.5. The zero-order chi connectivity index (χ0) is 7.40. The zero-order valence-corrected chi connectivity index (χ0v) is 5.87. The molecule has 0 atom stereocenters. The van der Waals surface area contributed by atoms with Gasteiger partial charge in [-0.05, 0) is 19.1 Å². The Labute approximate surface area is 60.2 Å².